The zero-order valence-electron chi connectivity index (χ0n) is 10.7. The monoisotopic (exact) mass is 239 g/mol. The maximum Gasteiger partial charge on any atom is 0.234 e. The summed E-state index contributed by atoms with van der Waals surface area (Å²) in [5.74, 6) is 0.209. The first kappa shape index (κ1) is 12.8. The van der Waals surface area contributed by atoms with Gasteiger partial charge >= 0.3 is 0 Å². The van der Waals surface area contributed by atoms with Crippen LogP contribution in [0.4, 0.5) is 0 Å². The lowest BCUT2D eigenvalue weighted by Crippen LogP contribution is -2.42. The average molecular weight is 239 g/mol. The van der Waals surface area contributed by atoms with Gasteiger partial charge in [-0.25, -0.2) is 0 Å². The highest BCUT2D eigenvalue weighted by atomic mass is 16.2. The molecule has 2 fully saturated rings. The Morgan fingerprint density at radius 3 is 2.53 bits per heavy atom. The van der Waals surface area contributed by atoms with Crippen LogP contribution in [0.15, 0.2) is 0 Å². The molecule has 0 aromatic heterocycles. The fraction of sp³-hybridized carbons (Fsp3) is 0.923. The van der Waals surface area contributed by atoms with Gasteiger partial charge < -0.3 is 11.1 Å². The highest BCUT2D eigenvalue weighted by Crippen LogP contribution is 2.26. The van der Waals surface area contributed by atoms with E-state index in [1.165, 1.54) is 25.7 Å². The molecule has 0 atom stereocenters. The van der Waals surface area contributed by atoms with Gasteiger partial charge in [-0.05, 0) is 38.6 Å². The summed E-state index contributed by atoms with van der Waals surface area (Å²) in [6, 6.07) is 1.09. The average Bonchev–Trinajstić information content (AvgIpc) is 3.04. The molecule has 3 N–H and O–H groups in total. The number of carbonyl (C=O) groups excluding carboxylic acids is 1. The second-order valence-electron chi connectivity index (χ2n) is 5.39. The standard InChI is InChI=1S/C13H25N3O/c14-8-3-9-16(12-6-7-12)10-13(17)15-11-4-1-2-5-11/h11-12H,1-10,14H2,(H,15,17). The third-order valence-corrected chi connectivity index (χ3v) is 3.78. The molecule has 0 aromatic carbocycles. The first-order valence-electron chi connectivity index (χ1n) is 7.03. The van der Waals surface area contributed by atoms with Gasteiger partial charge in [0.25, 0.3) is 0 Å². The summed E-state index contributed by atoms with van der Waals surface area (Å²) in [7, 11) is 0. The van der Waals surface area contributed by atoms with Crippen LogP contribution in [-0.2, 0) is 4.79 Å². The summed E-state index contributed by atoms with van der Waals surface area (Å²) in [5.41, 5.74) is 5.53. The fourth-order valence-corrected chi connectivity index (χ4v) is 2.65. The SMILES string of the molecule is NCCCN(CC(=O)NC1CCCC1)C1CC1. The molecule has 0 radical (unpaired) electrons. The van der Waals surface area contributed by atoms with Crippen molar-refractivity contribution in [3.8, 4) is 0 Å². The van der Waals surface area contributed by atoms with Gasteiger partial charge in [0.1, 0.15) is 0 Å². The van der Waals surface area contributed by atoms with Gasteiger partial charge in [0.2, 0.25) is 5.91 Å². The Morgan fingerprint density at radius 2 is 1.94 bits per heavy atom. The van der Waals surface area contributed by atoms with Gasteiger partial charge in [-0.3, -0.25) is 9.69 Å². The van der Waals surface area contributed by atoms with Crippen LogP contribution in [0.5, 0.6) is 0 Å². The minimum absolute atomic E-state index is 0.209. The minimum atomic E-state index is 0.209. The Bertz CT molecular complexity index is 247. The third-order valence-electron chi connectivity index (χ3n) is 3.78. The number of nitrogens with zero attached hydrogens (tertiary/aromatic N) is 1. The number of hydrogen-bond donors (Lipinski definition) is 2. The summed E-state index contributed by atoms with van der Waals surface area (Å²) in [6.45, 7) is 2.26. The Hall–Kier alpha value is -0.610. The summed E-state index contributed by atoms with van der Waals surface area (Å²) in [5, 5.41) is 3.16. The van der Waals surface area contributed by atoms with Crippen LogP contribution in [0, 0.1) is 0 Å². The van der Waals surface area contributed by atoms with E-state index in [0.717, 1.165) is 25.8 Å². The predicted octanol–water partition coefficient (Wildman–Crippen LogP) is 0.858. The van der Waals surface area contributed by atoms with Crippen molar-refractivity contribution < 1.29 is 4.79 Å². The number of hydrogen-bond acceptors (Lipinski definition) is 3. The maximum atomic E-state index is 11.9. The summed E-state index contributed by atoms with van der Waals surface area (Å²) < 4.78 is 0. The number of nitrogens with two attached hydrogens (primary N) is 1. The predicted molar refractivity (Wildman–Crippen MR) is 68.7 cm³/mol. The molecule has 0 spiro atoms. The molecule has 0 bridgehead atoms. The highest BCUT2D eigenvalue weighted by molar-refractivity contribution is 5.78. The Balaban J connectivity index is 1.70. The second kappa shape index (κ2) is 6.36. The molecule has 0 aromatic rings. The molecule has 1 amide bonds. The molecule has 2 saturated carbocycles. The van der Waals surface area contributed by atoms with Crippen LogP contribution < -0.4 is 11.1 Å². The van der Waals surface area contributed by atoms with E-state index in [-0.39, 0.29) is 5.91 Å². The number of amides is 1. The lowest BCUT2D eigenvalue weighted by Gasteiger charge is -2.22. The first-order chi connectivity index (χ1) is 8.29. The largest absolute Gasteiger partial charge is 0.352 e. The summed E-state index contributed by atoms with van der Waals surface area (Å²) >= 11 is 0. The topological polar surface area (TPSA) is 58.4 Å². The van der Waals surface area contributed by atoms with Crippen molar-refractivity contribution in [3.05, 3.63) is 0 Å². The Labute approximate surface area is 104 Å². The van der Waals surface area contributed by atoms with Crippen LogP contribution in [0.25, 0.3) is 0 Å². The van der Waals surface area contributed by atoms with Gasteiger partial charge in [0.15, 0.2) is 0 Å². The van der Waals surface area contributed by atoms with E-state index in [2.05, 4.69) is 10.2 Å². The lowest BCUT2D eigenvalue weighted by atomic mass is 10.2. The minimum Gasteiger partial charge on any atom is -0.352 e. The van der Waals surface area contributed by atoms with Gasteiger partial charge in [-0.2, -0.15) is 0 Å². The number of nitrogens with one attached hydrogen (secondary N) is 1. The zero-order valence-corrected chi connectivity index (χ0v) is 10.7. The Morgan fingerprint density at radius 1 is 1.24 bits per heavy atom. The fourth-order valence-electron chi connectivity index (χ4n) is 2.65. The third kappa shape index (κ3) is 4.28. The van der Waals surface area contributed by atoms with Crippen molar-refractivity contribution in [2.75, 3.05) is 19.6 Å². The van der Waals surface area contributed by atoms with E-state index in [1.54, 1.807) is 0 Å². The van der Waals surface area contributed by atoms with Crippen molar-refractivity contribution in [2.45, 2.75) is 57.0 Å². The molecule has 0 unspecified atom stereocenters. The van der Waals surface area contributed by atoms with E-state index in [4.69, 9.17) is 5.73 Å². The molecule has 2 rings (SSSR count). The number of carbonyl (C=O) groups is 1. The van der Waals surface area contributed by atoms with Crippen LogP contribution >= 0.6 is 0 Å². The Kier molecular flexibility index (Phi) is 4.80. The van der Waals surface area contributed by atoms with Gasteiger partial charge in [-0.15, -0.1) is 0 Å². The van der Waals surface area contributed by atoms with E-state index in [9.17, 15) is 4.79 Å². The molecule has 0 saturated heterocycles. The van der Waals surface area contributed by atoms with Crippen LogP contribution in [0.2, 0.25) is 0 Å². The molecular weight excluding hydrogens is 214 g/mol. The highest BCUT2D eigenvalue weighted by Gasteiger charge is 2.30. The van der Waals surface area contributed by atoms with Crippen molar-refractivity contribution in [1.82, 2.24) is 10.2 Å². The molecule has 2 aliphatic carbocycles. The van der Waals surface area contributed by atoms with Crippen molar-refractivity contribution in [1.29, 1.82) is 0 Å². The van der Waals surface area contributed by atoms with Crippen molar-refractivity contribution in [3.63, 3.8) is 0 Å². The summed E-state index contributed by atoms with van der Waals surface area (Å²) in [6.07, 6.45) is 8.36. The molecule has 0 aliphatic heterocycles. The molecular formula is C13H25N3O. The molecule has 2 aliphatic rings. The first-order valence-corrected chi connectivity index (χ1v) is 7.03. The van der Waals surface area contributed by atoms with Crippen molar-refractivity contribution in [2.24, 2.45) is 5.73 Å². The quantitative estimate of drug-likeness (QED) is 0.693. The van der Waals surface area contributed by atoms with Gasteiger partial charge in [-0.1, -0.05) is 12.8 Å². The molecule has 0 heterocycles. The molecule has 4 heteroatoms. The lowest BCUT2D eigenvalue weighted by molar-refractivity contribution is -0.123. The number of rotatable bonds is 7. The van der Waals surface area contributed by atoms with Crippen molar-refractivity contribution >= 4 is 5.91 Å². The van der Waals surface area contributed by atoms with Gasteiger partial charge in [0.05, 0.1) is 6.54 Å². The van der Waals surface area contributed by atoms with E-state index in [0.29, 0.717) is 25.2 Å². The van der Waals surface area contributed by atoms with Gasteiger partial charge in [0, 0.05) is 18.6 Å². The zero-order chi connectivity index (χ0) is 12.1. The molecule has 4 nitrogen and oxygen atoms in total. The van der Waals surface area contributed by atoms with Crippen LogP contribution in [0.3, 0.4) is 0 Å². The van der Waals surface area contributed by atoms with E-state index < -0.39 is 0 Å². The second-order valence-corrected chi connectivity index (χ2v) is 5.39. The normalized spacial score (nSPS) is 21.1. The molecule has 17 heavy (non-hydrogen) atoms. The van der Waals surface area contributed by atoms with Crippen LogP contribution in [0.1, 0.15) is 44.9 Å². The van der Waals surface area contributed by atoms with E-state index >= 15 is 0 Å². The van der Waals surface area contributed by atoms with Crippen LogP contribution in [-0.4, -0.2) is 42.5 Å². The van der Waals surface area contributed by atoms with E-state index in [1.807, 2.05) is 0 Å². The molecule has 98 valence electrons. The smallest absolute Gasteiger partial charge is 0.234 e. The summed E-state index contributed by atoms with van der Waals surface area (Å²) in [4.78, 5) is 14.2. The maximum absolute atomic E-state index is 11.9.